The molecule has 1 aromatic carbocycles. The van der Waals surface area contributed by atoms with Crippen molar-refractivity contribution in [2.45, 2.75) is 57.4 Å². The Balaban J connectivity index is 1.63. The fourth-order valence-electron chi connectivity index (χ4n) is 2.83. The highest BCUT2D eigenvalue weighted by atomic mass is 32.2. The topological polar surface area (TPSA) is 75.2 Å². The van der Waals surface area contributed by atoms with Gasteiger partial charge < -0.3 is 15.3 Å². The second-order valence-electron chi connectivity index (χ2n) is 6.70. The lowest BCUT2D eigenvalue weighted by molar-refractivity contribution is 0.129. The first-order valence-electron chi connectivity index (χ1n) is 8.71. The molecule has 6 nitrogen and oxygen atoms in total. The molecule has 1 atom stereocenters. The number of ether oxygens (including phenoxy) is 2. The molecule has 0 saturated carbocycles. The zero-order valence-electron chi connectivity index (χ0n) is 15.1. The Bertz CT molecular complexity index is 711. The van der Waals surface area contributed by atoms with Crippen LogP contribution in [-0.2, 0) is 11.3 Å². The summed E-state index contributed by atoms with van der Waals surface area (Å²) >= 11 is 1.58. The highest BCUT2D eigenvalue weighted by Crippen LogP contribution is 2.28. The summed E-state index contributed by atoms with van der Waals surface area (Å²) < 4.78 is 13.1. The molecule has 1 saturated heterocycles. The normalized spacial score (nSPS) is 17.4. The quantitative estimate of drug-likeness (QED) is 0.602. The van der Waals surface area contributed by atoms with Gasteiger partial charge in [-0.15, -0.1) is 10.2 Å². The maximum atomic E-state index is 6.13. The van der Waals surface area contributed by atoms with Gasteiger partial charge >= 0.3 is 0 Å². The molecule has 2 N–H and O–H groups in total. The van der Waals surface area contributed by atoms with Crippen LogP contribution in [0.4, 0.5) is 0 Å². The molecule has 0 spiro atoms. The van der Waals surface area contributed by atoms with Crippen LogP contribution in [0, 0.1) is 6.92 Å². The van der Waals surface area contributed by atoms with Crippen molar-refractivity contribution in [3.05, 3.63) is 35.2 Å². The molecule has 1 unspecified atom stereocenters. The lowest BCUT2D eigenvalue weighted by atomic mass is 10.0. The summed E-state index contributed by atoms with van der Waals surface area (Å²) in [5.41, 5.74) is 2.35. The molecule has 1 fully saturated rings. The SMILES string of the molecule is Cc1ccc(C(C)C)c(OCc2nnc(SCC3CCCO3)n2N)c1. The van der Waals surface area contributed by atoms with Crippen molar-refractivity contribution in [1.29, 1.82) is 0 Å². The van der Waals surface area contributed by atoms with Crippen LogP contribution < -0.4 is 10.6 Å². The van der Waals surface area contributed by atoms with Gasteiger partial charge in [0.2, 0.25) is 5.16 Å². The molecule has 136 valence electrons. The van der Waals surface area contributed by atoms with Crippen LogP contribution in [0.2, 0.25) is 0 Å². The summed E-state index contributed by atoms with van der Waals surface area (Å²) in [5, 5.41) is 9.05. The zero-order chi connectivity index (χ0) is 17.8. The first kappa shape index (κ1) is 18.1. The fourth-order valence-corrected chi connectivity index (χ4v) is 3.77. The summed E-state index contributed by atoms with van der Waals surface area (Å²) in [7, 11) is 0. The molecule has 2 aromatic rings. The third-order valence-corrected chi connectivity index (χ3v) is 5.38. The van der Waals surface area contributed by atoms with E-state index in [2.05, 4.69) is 49.2 Å². The fraction of sp³-hybridized carbons (Fsp3) is 0.556. The van der Waals surface area contributed by atoms with Gasteiger partial charge in [0.15, 0.2) is 5.82 Å². The standard InChI is InChI=1S/C18H26N4O2S/c1-12(2)15-7-6-13(3)9-16(15)24-10-17-20-21-18(22(17)19)25-11-14-5-4-8-23-14/h6-7,9,12,14H,4-5,8,10-11,19H2,1-3H3. The van der Waals surface area contributed by atoms with Crippen molar-refractivity contribution in [3.63, 3.8) is 0 Å². The number of benzene rings is 1. The monoisotopic (exact) mass is 362 g/mol. The third-order valence-electron chi connectivity index (χ3n) is 4.31. The molecule has 0 radical (unpaired) electrons. The summed E-state index contributed by atoms with van der Waals surface area (Å²) in [6.07, 6.45) is 2.53. The average molecular weight is 362 g/mol. The Morgan fingerprint density at radius 2 is 2.24 bits per heavy atom. The van der Waals surface area contributed by atoms with Crippen molar-refractivity contribution < 1.29 is 9.47 Å². The number of rotatable bonds is 7. The lowest BCUT2D eigenvalue weighted by Gasteiger charge is -2.14. The van der Waals surface area contributed by atoms with Crippen molar-refractivity contribution in [3.8, 4) is 5.75 Å². The molecule has 0 amide bonds. The van der Waals surface area contributed by atoms with Crippen LogP contribution in [0.25, 0.3) is 0 Å². The predicted octanol–water partition coefficient (Wildman–Crippen LogP) is 3.27. The van der Waals surface area contributed by atoms with Crippen LogP contribution in [0.1, 0.15) is 49.6 Å². The largest absolute Gasteiger partial charge is 0.485 e. The Labute approximate surface area is 153 Å². The highest BCUT2D eigenvalue weighted by molar-refractivity contribution is 7.99. The van der Waals surface area contributed by atoms with Gasteiger partial charge in [-0.05, 0) is 42.9 Å². The Morgan fingerprint density at radius 1 is 1.40 bits per heavy atom. The predicted molar refractivity (Wildman–Crippen MR) is 99.5 cm³/mol. The number of nitrogen functional groups attached to an aromatic ring is 1. The minimum atomic E-state index is 0.294. The van der Waals surface area contributed by atoms with Crippen molar-refractivity contribution in [1.82, 2.24) is 14.9 Å². The molecule has 1 aliphatic rings. The van der Waals surface area contributed by atoms with Gasteiger partial charge in [0, 0.05) is 12.4 Å². The first-order valence-corrected chi connectivity index (χ1v) is 9.70. The summed E-state index contributed by atoms with van der Waals surface area (Å²) in [4.78, 5) is 0. The smallest absolute Gasteiger partial charge is 0.209 e. The zero-order valence-corrected chi connectivity index (χ0v) is 15.9. The van der Waals surface area contributed by atoms with E-state index in [9.17, 15) is 0 Å². The second kappa shape index (κ2) is 8.10. The van der Waals surface area contributed by atoms with Crippen molar-refractivity contribution in [2.75, 3.05) is 18.2 Å². The summed E-state index contributed by atoms with van der Waals surface area (Å²) in [6.45, 7) is 7.52. The van der Waals surface area contributed by atoms with Crippen LogP contribution >= 0.6 is 11.8 Å². The van der Waals surface area contributed by atoms with Gasteiger partial charge in [-0.2, -0.15) is 0 Å². The van der Waals surface area contributed by atoms with E-state index < -0.39 is 0 Å². The van der Waals surface area contributed by atoms with E-state index >= 15 is 0 Å². The molecule has 1 aromatic heterocycles. The van der Waals surface area contributed by atoms with Gasteiger partial charge in [0.1, 0.15) is 12.4 Å². The van der Waals surface area contributed by atoms with E-state index in [1.54, 1.807) is 11.8 Å². The van der Waals surface area contributed by atoms with Crippen LogP contribution in [0.15, 0.2) is 23.4 Å². The first-order chi connectivity index (χ1) is 12.0. The average Bonchev–Trinajstić information content (AvgIpc) is 3.21. The summed E-state index contributed by atoms with van der Waals surface area (Å²) in [6, 6.07) is 6.28. The number of thioether (sulfide) groups is 1. The van der Waals surface area contributed by atoms with Gasteiger partial charge in [-0.3, -0.25) is 0 Å². The number of nitrogens with zero attached hydrogens (tertiary/aromatic N) is 3. The molecule has 0 bridgehead atoms. The molecule has 2 heterocycles. The molecule has 1 aliphatic heterocycles. The minimum absolute atomic E-state index is 0.294. The van der Waals surface area contributed by atoms with Crippen LogP contribution in [0.5, 0.6) is 5.75 Å². The van der Waals surface area contributed by atoms with Gasteiger partial charge in [-0.1, -0.05) is 37.7 Å². The minimum Gasteiger partial charge on any atom is -0.485 e. The molecular weight excluding hydrogens is 336 g/mol. The maximum absolute atomic E-state index is 6.13. The van der Waals surface area contributed by atoms with Gasteiger partial charge in [0.25, 0.3) is 0 Å². The summed E-state index contributed by atoms with van der Waals surface area (Å²) in [5.74, 6) is 8.87. The molecule has 7 heteroatoms. The van der Waals surface area contributed by atoms with E-state index in [0.717, 1.165) is 31.0 Å². The van der Waals surface area contributed by atoms with Crippen LogP contribution in [0.3, 0.4) is 0 Å². The molecule has 0 aliphatic carbocycles. The number of aromatic nitrogens is 3. The van der Waals surface area contributed by atoms with E-state index in [-0.39, 0.29) is 0 Å². The van der Waals surface area contributed by atoms with Gasteiger partial charge in [0.05, 0.1) is 6.10 Å². The van der Waals surface area contributed by atoms with Gasteiger partial charge in [-0.25, -0.2) is 4.68 Å². The number of hydrogen-bond acceptors (Lipinski definition) is 6. The van der Waals surface area contributed by atoms with E-state index in [4.69, 9.17) is 15.3 Å². The van der Waals surface area contributed by atoms with E-state index in [1.165, 1.54) is 15.8 Å². The van der Waals surface area contributed by atoms with Crippen LogP contribution in [-0.4, -0.2) is 33.3 Å². The number of aryl methyl sites for hydroxylation is 1. The third kappa shape index (κ3) is 4.46. The second-order valence-corrected chi connectivity index (χ2v) is 7.69. The molecule has 25 heavy (non-hydrogen) atoms. The maximum Gasteiger partial charge on any atom is 0.209 e. The Morgan fingerprint density at radius 3 is 2.96 bits per heavy atom. The molecular formula is C18H26N4O2S. The van der Waals surface area contributed by atoms with E-state index in [1.807, 2.05) is 0 Å². The number of nitrogens with two attached hydrogens (primary N) is 1. The number of hydrogen-bond donors (Lipinski definition) is 1. The Kier molecular flexibility index (Phi) is 5.86. The lowest BCUT2D eigenvalue weighted by Crippen LogP contribution is -2.17. The van der Waals surface area contributed by atoms with Crippen molar-refractivity contribution in [2.24, 2.45) is 0 Å². The van der Waals surface area contributed by atoms with E-state index in [0.29, 0.717) is 29.6 Å². The highest BCUT2D eigenvalue weighted by Gasteiger charge is 2.18. The van der Waals surface area contributed by atoms with Crippen molar-refractivity contribution >= 4 is 11.8 Å². The Hall–Kier alpha value is -1.73. The molecule has 3 rings (SSSR count).